The lowest BCUT2D eigenvalue weighted by molar-refractivity contribution is -0.141. The maximum Gasteiger partial charge on any atom is 0.326 e. The standard InChI is InChI=1S/C11H24N3O5P/c1-4-6(2)9(13)10(15)14-8(11(16)17)5-20(18,19)7(3)12/h6-9H,4-5,12-13H2,1-3H3,(H,14,15)(H,16,17)(H,18,19)/t6-,7?,8?,9-/m1/s1. The van der Waals surface area contributed by atoms with Crippen LogP contribution >= 0.6 is 7.37 Å². The second-order valence-electron chi connectivity index (χ2n) is 4.99. The van der Waals surface area contributed by atoms with Gasteiger partial charge in [-0.15, -0.1) is 0 Å². The van der Waals surface area contributed by atoms with E-state index in [0.29, 0.717) is 6.42 Å². The molecule has 5 atom stereocenters. The van der Waals surface area contributed by atoms with Crippen LogP contribution < -0.4 is 16.8 Å². The maximum atomic E-state index is 11.8. The highest BCUT2D eigenvalue weighted by atomic mass is 31.2. The molecule has 118 valence electrons. The number of rotatable bonds is 8. The Morgan fingerprint density at radius 3 is 2.15 bits per heavy atom. The van der Waals surface area contributed by atoms with E-state index < -0.39 is 43.3 Å². The van der Waals surface area contributed by atoms with Crippen LogP contribution in [0.25, 0.3) is 0 Å². The normalized spacial score (nSPS) is 20.3. The summed E-state index contributed by atoms with van der Waals surface area (Å²) in [6.45, 7) is 4.93. The Labute approximate surface area is 118 Å². The smallest absolute Gasteiger partial charge is 0.326 e. The van der Waals surface area contributed by atoms with E-state index in [9.17, 15) is 19.0 Å². The number of hydrogen-bond donors (Lipinski definition) is 5. The molecular weight excluding hydrogens is 285 g/mol. The second-order valence-corrected chi connectivity index (χ2v) is 7.68. The molecule has 0 spiro atoms. The van der Waals surface area contributed by atoms with Crippen LogP contribution in [-0.2, 0) is 14.2 Å². The Morgan fingerprint density at radius 2 is 1.80 bits per heavy atom. The van der Waals surface area contributed by atoms with Crippen molar-refractivity contribution in [2.75, 3.05) is 6.16 Å². The van der Waals surface area contributed by atoms with Crippen molar-refractivity contribution >= 4 is 19.2 Å². The quantitative estimate of drug-likeness (QED) is 0.378. The Kier molecular flexibility index (Phi) is 7.37. The van der Waals surface area contributed by atoms with Crippen LogP contribution in [-0.4, -0.2) is 45.9 Å². The van der Waals surface area contributed by atoms with Gasteiger partial charge in [-0.05, 0) is 12.8 Å². The Balaban J connectivity index is 4.85. The molecule has 0 radical (unpaired) electrons. The van der Waals surface area contributed by atoms with Crippen molar-refractivity contribution in [2.24, 2.45) is 17.4 Å². The summed E-state index contributed by atoms with van der Waals surface area (Å²) in [6, 6.07) is -2.35. The lowest BCUT2D eigenvalue weighted by Gasteiger charge is -2.23. The molecule has 0 aliphatic carbocycles. The van der Waals surface area contributed by atoms with Gasteiger partial charge in [0.1, 0.15) is 6.04 Å². The van der Waals surface area contributed by atoms with Gasteiger partial charge in [0.05, 0.1) is 18.0 Å². The zero-order chi connectivity index (χ0) is 16.1. The summed E-state index contributed by atoms with van der Waals surface area (Å²) in [5, 5.41) is 11.2. The molecule has 3 unspecified atom stereocenters. The average molecular weight is 309 g/mol. The van der Waals surface area contributed by atoms with E-state index in [1.54, 1.807) is 6.92 Å². The molecule has 0 aromatic carbocycles. The zero-order valence-electron chi connectivity index (χ0n) is 11.9. The van der Waals surface area contributed by atoms with Gasteiger partial charge in [0.25, 0.3) is 0 Å². The van der Waals surface area contributed by atoms with Gasteiger partial charge in [-0.3, -0.25) is 9.36 Å². The molecule has 0 heterocycles. The van der Waals surface area contributed by atoms with E-state index >= 15 is 0 Å². The third kappa shape index (κ3) is 5.58. The number of carbonyl (C=O) groups is 2. The van der Waals surface area contributed by atoms with E-state index in [2.05, 4.69) is 5.32 Å². The Morgan fingerprint density at radius 1 is 1.30 bits per heavy atom. The summed E-state index contributed by atoms with van der Waals surface area (Å²) in [5.74, 6) is -3.25. The number of carboxylic acids is 1. The molecule has 0 fully saturated rings. The van der Waals surface area contributed by atoms with Gasteiger partial charge < -0.3 is 26.8 Å². The molecule has 9 heteroatoms. The number of aliphatic carboxylic acids is 1. The van der Waals surface area contributed by atoms with Gasteiger partial charge in [-0.25, -0.2) is 4.79 Å². The third-order valence-corrected chi connectivity index (χ3v) is 5.42. The fourth-order valence-electron chi connectivity index (χ4n) is 1.39. The summed E-state index contributed by atoms with van der Waals surface area (Å²) in [7, 11) is -3.85. The topological polar surface area (TPSA) is 156 Å². The van der Waals surface area contributed by atoms with E-state index in [0.717, 1.165) is 0 Å². The molecule has 0 saturated carbocycles. The number of nitrogens with one attached hydrogen (secondary N) is 1. The molecule has 0 aliphatic heterocycles. The number of carbonyl (C=O) groups excluding carboxylic acids is 1. The predicted octanol–water partition coefficient (Wildman–Crippen LogP) is -0.496. The van der Waals surface area contributed by atoms with Crippen molar-refractivity contribution < 1.29 is 24.2 Å². The van der Waals surface area contributed by atoms with Gasteiger partial charge >= 0.3 is 5.97 Å². The van der Waals surface area contributed by atoms with Crippen LogP contribution in [0.2, 0.25) is 0 Å². The van der Waals surface area contributed by atoms with Crippen molar-refractivity contribution in [3.63, 3.8) is 0 Å². The van der Waals surface area contributed by atoms with Crippen molar-refractivity contribution in [3.05, 3.63) is 0 Å². The first-order chi connectivity index (χ1) is 9.02. The lowest BCUT2D eigenvalue weighted by atomic mass is 9.99. The fourth-order valence-corrected chi connectivity index (χ4v) is 2.50. The van der Waals surface area contributed by atoms with Crippen molar-refractivity contribution in [1.82, 2.24) is 5.32 Å². The minimum atomic E-state index is -3.85. The second kappa shape index (κ2) is 7.73. The van der Waals surface area contributed by atoms with Crippen LogP contribution in [0.4, 0.5) is 0 Å². The SMILES string of the molecule is CC[C@@H](C)[C@@H](N)C(=O)NC(CP(=O)(O)C(C)N)C(=O)O. The van der Waals surface area contributed by atoms with Crippen LogP contribution in [0.15, 0.2) is 0 Å². The minimum absolute atomic E-state index is 0.126. The Bertz CT molecular complexity index is 402. The van der Waals surface area contributed by atoms with E-state index in [-0.39, 0.29) is 5.92 Å². The summed E-state index contributed by atoms with van der Waals surface area (Å²) in [6.07, 6.45) is 0.0314. The van der Waals surface area contributed by atoms with Gasteiger partial charge in [0, 0.05) is 0 Å². The summed E-state index contributed by atoms with van der Waals surface area (Å²) in [4.78, 5) is 32.5. The number of hydrogen-bond acceptors (Lipinski definition) is 5. The summed E-state index contributed by atoms with van der Waals surface area (Å²) < 4.78 is 11.8. The first kappa shape index (κ1) is 19.1. The van der Waals surface area contributed by atoms with Gasteiger partial charge in [-0.2, -0.15) is 0 Å². The van der Waals surface area contributed by atoms with Gasteiger partial charge in [0.15, 0.2) is 0 Å². The fraction of sp³-hybridized carbons (Fsp3) is 0.818. The molecule has 0 aromatic heterocycles. The van der Waals surface area contributed by atoms with Gasteiger partial charge in [0.2, 0.25) is 13.3 Å². The zero-order valence-corrected chi connectivity index (χ0v) is 12.8. The minimum Gasteiger partial charge on any atom is -0.480 e. The monoisotopic (exact) mass is 309 g/mol. The number of carboxylic acid groups (broad SMARTS) is 1. The molecule has 20 heavy (non-hydrogen) atoms. The molecule has 8 nitrogen and oxygen atoms in total. The lowest BCUT2D eigenvalue weighted by Crippen LogP contribution is -2.52. The first-order valence-corrected chi connectivity index (χ1v) is 8.30. The number of nitrogens with two attached hydrogens (primary N) is 2. The molecule has 0 aliphatic rings. The van der Waals surface area contributed by atoms with Crippen molar-refractivity contribution in [2.45, 2.75) is 45.1 Å². The largest absolute Gasteiger partial charge is 0.480 e. The summed E-state index contributed by atoms with van der Waals surface area (Å²) >= 11 is 0. The first-order valence-electron chi connectivity index (χ1n) is 6.38. The number of amides is 1. The highest BCUT2D eigenvalue weighted by Gasteiger charge is 2.34. The van der Waals surface area contributed by atoms with Crippen LogP contribution in [0.3, 0.4) is 0 Å². The molecule has 0 bridgehead atoms. The molecule has 0 aromatic rings. The summed E-state index contributed by atoms with van der Waals surface area (Å²) in [5.41, 5.74) is 11.0. The molecular formula is C11H24N3O5P. The highest BCUT2D eigenvalue weighted by Crippen LogP contribution is 2.44. The van der Waals surface area contributed by atoms with Crippen molar-refractivity contribution in [1.29, 1.82) is 0 Å². The highest BCUT2D eigenvalue weighted by molar-refractivity contribution is 7.58. The molecule has 0 rings (SSSR count). The van der Waals surface area contributed by atoms with E-state index in [1.165, 1.54) is 6.92 Å². The van der Waals surface area contributed by atoms with Crippen LogP contribution in [0, 0.1) is 5.92 Å². The van der Waals surface area contributed by atoms with Crippen LogP contribution in [0.5, 0.6) is 0 Å². The van der Waals surface area contributed by atoms with Gasteiger partial charge in [-0.1, -0.05) is 20.3 Å². The molecule has 1 amide bonds. The maximum absolute atomic E-state index is 11.8. The van der Waals surface area contributed by atoms with Crippen LogP contribution in [0.1, 0.15) is 27.2 Å². The predicted molar refractivity (Wildman–Crippen MR) is 75.3 cm³/mol. The average Bonchev–Trinajstić information content (AvgIpc) is 2.35. The van der Waals surface area contributed by atoms with E-state index in [4.69, 9.17) is 16.6 Å². The third-order valence-electron chi connectivity index (χ3n) is 3.25. The van der Waals surface area contributed by atoms with E-state index in [1.807, 2.05) is 6.92 Å². The molecule has 7 N–H and O–H groups in total. The van der Waals surface area contributed by atoms with Crippen molar-refractivity contribution in [3.8, 4) is 0 Å². The molecule has 0 saturated heterocycles. The Hall–Kier alpha value is -0.950.